The minimum absolute atomic E-state index is 0.0460. The number of hydrogen-bond donors (Lipinski definition) is 1. The quantitative estimate of drug-likeness (QED) is 0.702. The van der Waals surface area contributed by atoms with E-state index >= 15 is 0 Å². The molecule has 0 spiro atoms. The Morgan fingerprint density at radius 3 is 2.26 bits per heavy atom. The Morgan fingerprint density at radius 1 is 0.926 bits per heavy atom. The first-order valence-corrected chi connectivity index (χ1v) is 8.45. The van der Waals surface area contributed by atoms with Crippen molar-refractivity contribution in [1.29, 1.82) is 0 Å². The van der Waals surface area contributed by atoms with Gasteiger partial charge in [-0.2, -0.15) is 0 Å². The van der Waals surface area contributed by atoms with Gasteiger partial charge in [0.25, 0.3) is 5.91 Å². The number of anilines is 1. The molecule has 1 amide bonds. The molecule has 3 aromatic rings. The number of ether oxygens (including phenoxy) is 1. The van der Waals surface area contributed by atoms with E-state index in [2.05, 4.69) is 15.3 Å². The van der Waals surface area contributed by atoms with Gasteiger partial charge < -0.3 is 10.1 Å². The molecule has 0 fully saturated rings. The number of rotatable bonds is 5. The summed E-state index contributed by atoms with van der Waals surface area (Å²) in [5.74, 6) is -1.16. The highest BCUT2D eigenvalue weighted by Gasteiger charge is 2.26. The molecule has 1 aromatic heterocycles. The minimum atomic E-state index is -1.11. The summed E-state index contributed by atoms with van der Waals surface area (Å²) in [6.07, 6.45) is 1.70. The summed E-state index contributed by atoms with van der Waals surface area (Å²) in [6.45, 7) is 3.73. The molecule has 6 nitrogen and oxygen atoms in total. The number of aromatic nitrogens is 2. The molecule has 3 rings (SSSR count). The maximum absolute atomic E-state index is 12.8. The molecule has 1 atom stereocenters. The number of nitrogens with zero attached hydrogens (tertiary/aromatic N) is 2. The molecule has 27 heavy (non-hydrogen) atoms. The van der Waals surface area contributed by atoms with Crippen LogP contribution in [0.4, 0.5) is 5.69 Å². The van der Waals surface area contributed by atoms with Crippen LogP contribution < -0.4 is 5.32 Å². The SMILES string of the molecule is Cc1ccc(NC(=O)[C@@H](OC(=O)c2cnc(C)cn2)c2ccccc2)cc1. The van der Waals surface area contributed by atoms with Crippen LogP contribution in [0, 0.1) is 13.8 Å². The number of benzene rings is 2. The van der Waals surface area contributed by atoms with E-state index in [4.69, 9.17) is 4.74 Å². The minimum Gasteiger partial charge on any atom is -0.443 e. The zero-order valence-electron chi connectivity index (χ0n) is 15.0. The molecule has 0 aliphatic heterocycles. The van der Waals surface area contributed by atoms with Gasteiger partial charge in [0.1, 0.15) is 0 Å². The van der Waals surface area contributed by atoms with Crippen LogP contribution in [0.25, 0.3) is 0 Å². The van der Waals surface area contributed by atoms with Crippen LogP contribution >= 0.6 is 0 Å². The number of carbonyl (C=O) groups is 2. The third-order valence-corrected chi connectivity index (χ3v) is 3.87. The molecular weight excluding hydrogens is 342 g/mol. The van der Waals surface area contributed by atoms with E-state index in [1.54, 1.807) is 43.3 Å². The van der Waals surface area contributed by atoms with Crippen molar-refractivity contribution in [3.05, 3.63) is 89.5 Å². The van der Waals surface area contributed by atoms with Gasteiger partial charge in [-0.3, -0.25) is 9.78 Å². The van der Waals surface area contributed by atoms with Gasteiger partial charge in [-0.15, -0.1) is 0 Å². The Balaban J connectivity index is 1.82. The van der Waals surface area contributed by atoms with Crippen molar-refractivity contribution in [2.75, 3.05) is 5.32 Å². The van der Waals surface area contributed by atoms with E-state index in [9.17, 15) is 9.59 Å². The molecule has 0 aliphatic carbocycles. The molecule has 0 saturated heterocycles. The average Bonchev–Trinajstić information content (AvgIpc) is 2.69. The van der Waals surface area contributed by atoms with Crippen LogP contribution in [0.3, 0.4) is 0 Å². The van der Waals surface area contributed by atoms with Crippen LogP contribution in [0.15, 0.2) is 67.0 Å². The second kappa shape index (κ2) is 8.23. The van der Waals surface area contributed by atoms with Crippen molar-refractivity contribution in [3.63, 3.8) is 0 Å². The summed E-state index contributed by atoms with van der Waals surface area (Å²) in [5, 5.41) is 2.78. The lowest BCUT2D eigenvalue weighted by molar-refractivity contribution is -0.125. The van der Waals surface area contributed by atoms with Crippen LogP contribution in [0.5, 0.6) is 0 Å². The van der Waals surface area contributed by atoms with Gasteiger partial charge in [-0.25, -0.2) is 9.78 Å². The number of amides is 1. The lowest BCUT2D eigenvalue weighted by atomic mass is 10.1. The Morgan fingerprint density at radius 2 is 1.63 bits per heavy atom. The first-order chi connectivity index (χ1) is 13.0. The molecule has 0 radical (unpaired) electrons. The molecule has 2 aromatic carbocycles. The van der Waals surface area contributed by atoms with Crippen molar-refractivity contribution in [2.45, 2.75) is 20.0 Å². The molecule has 0 aliphatic rings. The zero-order valence-corrected chi connectivity index (χ0v) is 15.0. The number of carbonyl (C=O) groups excluding carboxylic acids is 2. The Labute approximate surface area is 157 Å². The highest BCUT2D eigenvalue weighted by atomic mass is 16.5. The highest BCUT2D eigenvalue weighted by molar-refractivity contribution is 5.97. The van der Waals surface area contributed by atoms with E-state index in [0.717, 1.165) is 5.56 Å². The summed E-state index contributed by atoms with van der Waals surface area (Å²) in [5.41, 5.74) is 3.00. The second-order valence-corrected chi connectivity index (χ2v) is 6.09. The predicted molar refractivity (Wildman–Crippen MR) is 101 cm³/mol. The first kappa shape index (κ1) is 18.3. The van der Waals surface area contributed by atoms with Gasteiger partial charge in [-0.1, -0.05) is 48.0 Å². The van der Waals surface area contributed by atoms with Crippen LogP contribution in [0.1, 0.15) is 33.4 Å². The van der Waals surface area contributed by atoms with Gasteiger partial charge in [0.2, 0.25) is 6.10 Å². The summed E-state index contributed by atoms with van der Waals surface area (Å²) in [7, 11) is 0. The third-order valence-electron chi connectivity index (χ3n) is 3.87. The Hall–Kier alpha value is -3.54. The summed E-state index contributed by atoms with van der Waals surface area (Å²) < 4.78 is 5.47. The van der Waals surface area contributed by atoms with Crippen molar-refractivity contribution in [3.8, 4) is 0 Å². The standard InChI is InChI=1S/C21H19N3O3/c1-14-8-10-17(11-9-14)24-20(25)19(16-6-4-3-5-7-16)27-21(26)18-13-22-15(2)12-23-18/h3-13,19H,1-2H3,(H,24,25)/t19-/m0/s1. The molecule has 136 valence electrons. The topological polar surface area (TPSA) is 81.2 Å². The molecule has 0 unspecified atom stereocenters. The van der Waals surface area contributed by atoms with Gasteiger partial charge >= 0.3 is 5.97 Å². The van der Waals surface area contributed by atoms with Gasteiger partial charge in [0.15, 0.2) is 5.69 Å². The lowest BCUT2D eigenvalue weighted by Crippen LogP contribution is -2.26. The van der Waals surface area contributed by atoms with Crippen molar-refractivity contribution in [2.24, 2.45) is 0 Å². The van der Waals surface area contributed by atoms with Crippen LogP contribution in [-0.2, 0) is 9.53 Å². The monoisotopic (exact) mass is 361 g/mol. The van der Waals surface area contributed by atoms with E-state index in [0.29, 0.717) is 16.9 Å². The maximum atomic E-state index is 12.8. The average molecular weight is 361 g/mol. The molecular formula is C21H19N3O3. The number of aryl methyl sites for hydroxylation is 2. The smallest absolute Gasteiger partial charge is 0.359 e. The van der Waals surface area contributed by atoms with Crippen LogP contribution in [-0.4, -0.2) is 21.8 Å². The van der Waals surface area contributed by atoms with E-state index in [1.165, 1.54) is 12.4 Å². The van der Waals surface area contributed by atoms with Gasteiger partial charge in [-0.05, 0) is 26.0 Å². The molecule has 1 N–H and O–H groups in total. The Bertz CT molecular complexity index is 923. The second-order valence-electron chi connectivity index (χ2n) is 6.09. The predicted octanol–water partition coefficient (Wildman–Crippen LogP) is 3.63. The summed E-state index contributed by atoms with van der Waals surface area (Å²) in [6, 6.07) is 16.2. The molecule has 0 bridgehead atoms. The molecule has 0 saturated carbocycles. The van der Waals surface area contributed by atoms with Crippen molar-refractivity contribution >= 4 is 17.6 Å². The summed E-state index contributed by atoms with van der Waals surface area (Å²) >= 11 is 0. The Kier molecular flexibility index (Phi) is 5.56. The summed E-state index contributed by atoms with van der Waals surface area (Å²) in [4.78, 5) is 33.3. The molecule has 1 heterocycles. The number of esters is 1. The van der Waals surface area contributed by atoms with Crippen LogP contribution in [0.2, 0.25) is 0 Å². The number of nitrogens with one attached hydrogen (secondary N) is 1. The fourth-order valence-corrected chi connectivity index (χ4v) is 2.41. The van der Waals surface area contributed by atoms with Crippen molar-refractivity contribution in [1.82, 2.24) is 9.97 Å². The van der Waals surface area contributed by atoms with E-state index in [-0.39, 0.29) is 5.69 Å². The highest BCUT2D eigenvalue weighted by Crippen LogP contribution is 2.21. The van der Waals surface area contributed by atoms with E-state index < -0.39 is 18.0 Å². The van der Waals surface area contributed by atoms with E-state index in [1.807, 2.05) is 25.1 Å². The van der Waals surface area contributed by atoms with Gasteiger partial charge in [0, 0.05) is 17.4 Å². The fourth-order valence-electron chi connectivity index (χ4n) is 2.41. The van der Waals surface area contributed by atoms with Gasteiger partial charge in [0.05, 0.1) is 11.9 Å². The first-order valence-electron chi connectivity index (χ1n) is 8.45. The lowest BCUT2D eigenvalue weighted by Gasteiger charge is -2.18. The van der Waals surface area contributed by atoms with Crippen molar-refractivity contribution < 1.29 is 14.3 Å². The largest absolute Gasteiger partial charge is 0.443 e. The number of hydrogen-bond acceptors (Lipinski definition) is 5. The normalized spacial score (nSPS) is 11.5. The maximum Gasteiger partial charge on any atom is 0.359 e. The molecule has 6 heteroatoms. The third kappa shape index (κ3) is 4.76. The zero-order chi connectivity index (χ0) is 19.2. The fraction of sp³-hybridized carbons (Fsp3) is 0.143.